The van der Waals surface area contributed by atoms with Crippen LogP contribution in [-0.2, 0) is 0 Å². The molecule has 0 aliphatic heterocycles. The van der Waals surface area contributed by atoms with Gasteiger partial charge in [-0.3, -0.25) is 5.41 Å². The van der Waals surface area contributed by atoms with Gasteiger partial charge < -0.3 is 10.5 Å². The molecule has 5 heteroatoms. The molecule has 0 amide bonds. The molecule has 0 fully saturated rings. The number of rotatable bonds is 3. The molecule has 3 nitrogen and oxygen atoms in total. The quantitative estimate of drug-likeness (QED) is 0.638. The highest BCUT2D eigenvalue weighted by atomic mass is 35.5. The number of nitrogen functional groups attached to an aromatic ring is 1. The molecule has 2 aromatic rings. The lowest BCUT2D eigenvalue weighted by molar-refractivity contribution is 0.474. The molecule has 3 N–H and O–H groups in total. The maximum atomic E-state index is 7.62. The van der Waals surface area contributed by atoms with Crippen LogP contribution in [0.15, 0.2) is 30.3 Å². The second-order valence-electron chi connectivity index (χ2n) is 4.50. The Balaban J connectivity index is 2.51. The number of amidine groups is 1. The number of nitrogens with one attached hydrogen (secondary N) is 1. The topological polar surface area (TPSA) is 59.1 Å². The van der Waals surface area contributed by atoms with Gasteiger partial charge in [-0.1, -0.05) is 29.3 Å². The largest absolute Gasteiger partial charge is 0.456 e. The monoisotopic (exact) mass is 308 g/mol. The lowest BCUT2D eigenvalue weighted by atomic mass is 10.1. The zero-order chi connectivity index (χ0) is 14.9. The first kappa shape index (κ1) is 14.7. The molecule has 0 saturated heterocycles. The van der Waals surface area contributed by atoms with Gasteiger partial charge in [-0.2, -0.15) is 0 Å². The van der Waals surface area contributed by atoms with Crippen LogP contribution in [0.3, 0.4) is 0 Å². The Kier molecular flexibility index (Phi) is 4.21. The predicted octanol–water partition coefficient (Wildman–Crippen LogP) is 4.69. The number of nitrogens with two attached hydrogens (primary N) is 1. The van der Waals surface area contributed by atoms with E-state index in [0.29, 0.717) is 27.1 Å². The van der Waals surface area contributed by atoms with Crippen molar-refractivity contribution in [2.24, 2.45) is 5.73 Å². The zero-order valence-electron chi connectivity index (χ0n) is 11.1. The molecule has 20 heavy (non-hydrogen) atoms. The summed E-state index contributed by atoms with van der Waals surface area (Å²) >= 11 is 12.1. The van der Waals surface area contributed by atoms with E-state index in [1.807, 2.05) is 26.0 Å². The molecule has 104 valence electrons. The first-order valence-corrected chi connectivity index (χ1v) is 6.73. The van der Waals surface area contributed by atoms with Gasteiger partial charge in [-0.05, 0) is 49.2 Å². The highest BCUT2D eigenvalue weighted by Crippen LogP contribution is 2.34. The third-order valence-corrected chi connectivity index (χ3v) is 3.42. The van der Waals surface area contributed by atoms with E-state index >= 15 is 0 Å². The van der Waals surface area contributed by atoms with E-state index in [-0.39, 0.29) is 5.84 Å². The van der Waals surface area contributed by atoms with Crippen LogP contribution < -0.4 is 10.5 Å². The molecule has 0 aromatic heterocycles. The van der Waals surface area contributed by atoms with Gasteiger partial charge in [0, 0.05) is 5.02 Å². The van der Waals surface area contributed by atoms with E-state index in [4.69, 9.17) is 39.1 Å². The number of aryl methyl sites for hydroxylation is 2. The van der Waals surface area contributed by atoms with Crippen molar-refractivity contribution in [2.75, 3.05) is 0 Å². The average molecular weight is 309 g/mol. The third kappa shape index (κ3) is 2.89. The van der Waals surface area contributed by atoms with Crippen molar-refractivity contribution in [1.29, 1.82) is 5.41 Å². The maximum Gasteiger partial charge on any atom is 0.139 e. The van der Waals surface area contributed by atoms with Gasteiger partial charge in [-0.15, -0.1) is 0 Å². The average Bonchev–Trinajstić information content (AvgIpc) is 2.33. The van der Waals surface area contributed by atoms with E-state index in [2.05, 4.69) is 0 Å². The van der Waals surface area contributed by atoms with Crippen molar-refractivity contribution in [2.45, 2.75) is 13.8 Å². The molecule has 2 aromatic carbocycles. The number of halogens is 2. The molecule has 0 bridgehead atoms. The Hall–Kier alpha value is -1.71. The maximum absolute atomic E-state index is 7.62. The summed E-state index contributed by atoms with van der Waals surface area (Å²) in [7, 11) is 0. The molecule has 0 radical (unpaired) electrons. The Morgan fingerprint density at radius 3 is 2.30 bits per heavy atom. The lowest BCUT2D eigenvalue weighted by Crippen LogP contribution is -2.13. The molecule has 0 aliphatic rings. The fourth-order valence-corrected chi connectivity index (χ4v) is 2.61. The van der Waals surface area contributed by atoms with Crippen LogP contribution in [0.2, 0.25) is 10.0 Å². The van der Waals surface area contributed by atoms with Gasteiger partial charge in [0.05, 0.1) is 10.6 Å². The second-order valence-corrected chi connectivity index (χ2v) is 5.34. The van der Waals surface area contributed by atoms with Crippen molar-refractivity contribution in [3.63, 3.8) is 0 Å². The molecule has 0 heterocycles. The minimum absolute atomic E-state index is 0.130. The fourth-order valence-electron chi connectivity index (χ4n) is 2.02. The van der Waals surface area contributed by atoms with Crippen LogP contribution in [0.1, 0.15) is 16.7 Å². The summed E-state index contributed by atoms with van der Waals surface area (Å²) in [6.07, 6.45) is 0. The van der Waals surface area contributed by atoms with E-state index in [1.54, 1.807) is 18.2 Å². The van der Waals surface area contributed by atoms with Crippen molar-refractivity contribution in [1.82, 2.24) is 0 Å². The van der Waals surface area contributed by atoms with E-state index in [1.165, 1.54) is 0 Å². The molecular formula is C15H14Cl2N2O. The number of hydrogen-bond acceptors (Lipinski definition) is 2. The van der Waals surface area contributed by atoms with Gasteiger partial charge in [0.25, 0.3) is 0 Å². The van der Waals surface area contributed by atoms with Crippen LogP contribution in [-0.4, -0.2) is 5.84 Å². The summed E-state index contributed by atoms with van der Waals surface area (Å²) in [5.41, 5.74) is 7.77. The molecule has 0 atom stereocenters. The summed E-state index contributed by atoms with van der Waals surface area (Å²) in [6, 6.07) is 8.80. The molecule has 2 rings (SSSR count). The highest BCUT2D eigenvalue weighted by molar-refractivity contribution is 6.34. The molecule has 0 saturated carbocycles. The summed E-state index contributed by atoms with van der Waals surface area (Å²) in [4.78, 5) is 0. The van der Waals surface area contributed by atoms with Crippen LogP contribution in [0.4, 0.5) is 0 Å². The highest BCUT2D eigenvalue weighted by Gasteiger charge is 2.14. The predicted molar refractivity (Wildman–Crippen MR) is 83.5 cm³/mol. The van der Waals surface area contributed by atoms with Crippen LogP contribution in [0.25, 0.3) is 0 Å². The van der Waals surface area contributed by atoms with Crippen molar-refractivity contribution in [3.05, 3.63) is 57.1 Å². The smallest absolute Gasteiger partial charge is 0.139 e. The summed E-state index contributed by atoms with van der Waals surface area (Å²) in [5.74, 6) is 1.02. The van der Waals surface area contributed by atoms with Crippen molar-refractivity contribution in [3.8, 4) is 11.5 Å². The van der Waals surface area contributed by atoms with E-state index in [9.17, 15) is 0 Å². The fraction of sp³-hybridized carbons (Fsp3) is 0.133. The summed E-state index contributed by atoms with van der Waals surface area (Å²) < 4.78 is 5.90. The lowest BCUT2D eigenvalue weighted by Gasteiger charge is -2.15. The van der Waals surface area contributed by atoms with Gasteiger partial charge >= 0.3 is 0 Å². The number of benzene rings is 2. The number of ether oxygens (including phenoxy) is 1. The standard InChI is InChI=1S/C15H14Cl2N2O/c1-8-6-10(16)7-9(2)14(8)20-12-5-3-4-11(17)13(12)15(18)19/h3-7H,1-2H3,(H3,18,19). The van der Waals surface area contributed by atoms with E-state index in [0.717, 1.165) is 11.1 Å². The molecule has 0 aliphatic carbocycles. The second kappa shape index (κ2) is 5.73. The summed E-state index contributed by atoms with van der Waals surface area (Å²) in [6.45, 7) is 3.82. The zero-order valence-corrected chi connectivity index (χ0v) is 12.6. The minimum Gasteiger partial charge on any atom is -0.456 e. The van der Waals surface area contributed by atoms with Crippen LogP contribution in [0, 0.1) is 19.3 Å². The third-order valence-electron chi connectivity index (χ3n) is 2.88. The van der Waals surface area contributed by atoms with Crippen molar-refractivity contribution >= 4 is 29.0 Å². The Labute approximate surface area is 127 Å². The Morgan fingerprint density at radius 2 is 1.75 bits per heavy atom. The van der Waals surface area contributed by atoms with Crippen LogP contribution in [0.5, 0.6) is 11.5 Å². The van der Waals surface area contributed by atoms with Crippen molar-refractivity contribution < 1.29 is 4.74 Å². The summed E-state index contributed by atoms with van der Waals surface area (Å²) in [5, 5.41) is 8.66. The van der Waals surface area contributed by atoms with Gasteiger partial charge in [-0.25, -0.2) is 0 Å². The minimum atomic E-state index is -0.130. The number of hydrogen-bond donors (Lipinski definition) is 2. The molecular weight excluding hydrogens is 295 g/mol. The first-order valence-electron chi connectivity index (χ1n) is 5.97. The normalized spacial score (nSPS) is 10.4. The molecule has 0 spiro atoms. The van der Waals surface area contributed by atoms with Gasteiger partial charge in [0.15, 0.2) is 0 Å². The molecule has 0 unspecified atom stereocenters. The van der Waals surface area contributed by atoms with Gasteiger partial charge in [0.1, 0.15) is 17.3 Å². The Morgan fingerprint density at radius 1 is 1.15 bits per heavy atom. The van der Waals surface area contributed by atoms with E-state index < -0.39 is 0 Å². The van der Waals surface area contributed by atoms with Gasteiger partial charge in [0.2, 0.25) is 0 Å². The Bertz CT molecular complexity index is 661. The first-order chi connectivity index (χ1) is 9.40. The SMILES string of the molecule is Cc1cc(Cl)cc(C)c1Oc1cccc(Cl)c1C(=N)N. The van der Waals surface area contributed by atoms with Crippen LogP contribution >= 0.6 is 23.2 Å².